The van der Waals surface area contributed by atoms with Crippen molar-refractivity contribution in [3.05, 3.63) is 11.8 Å². The lowest BCUT2D eigenvalue weighted by molar-refractivity contribution is -0.149. The molecule has 1 aliphatic heterocycles. The van der Waals surface area contributed by atoms with Crippen LogP contribution in [-0.2, 0) is 9.59 Å². The van der Waals surface area contributed by atoms with Gasteiger partial charge in [0.2, 0.25) is 5.91 Å². The number of nitrogens with zero attached hydrogens (tertiary/aromatic N) is 2. The summed E-state index contributed by atoms with van der Waals surface area (Å²) in [5.74, 6) is -0.530. The third-order valence-corrected chi connectivity index (χ3v) is 4.64. The van der Waals surface area contributed by atoms with Crippen molar-refractivity contribution in [2.75, 3.05) is 14.1 Å². The van der Waals surface area contributed by atoms with Crippen LogP contribution < -0.4 is 0 Å². The van der Waals surface area contributed by atoms with Crippen LogP contribution in [0.1, 0.15) is 27.2 Å². The summed E-state index contributed by atoms with van der Waals surface area (Å²) in [6.07, 6.45) is 2.16. The Kier molecular flexibility index (Phi) is 5.99. The SMILES string of the molecule is CC(C)CC1C(=O)N(C)/C(=C/[C@H](C)C(Cl)(Cl)Cl)C(=O)N1C. The fourth-order valence-electron chi connectivity index (χ4n) is 2.19. The van der Waals surface area contributed by atoms with Gasteiger partial charge < -0.3 is 9.80 Å². The zero-order valence-electron chi connectivity index (χ0n) is 12.9. The molecule has 0 aromatic rings. The van der Waals surface area contributed by atoms with Crippen LogP contribution in [0.3, 0.4) is 0 Å². The van der Waals surface area contributed by atoms with Crippen LogP contribution in [0.2, 0.25) is 0 Å². The van der Waals surface area contributed by atoms with Crippen LogP contribution in [0.25, 0.3) is 0 Å². The van der Waals surface area contributed by atoms with Crippen molar-refractivity contribution in [3.8, 4) is 0 Å². The van der Waals surface area contributed by atoms with Crippen LogP contribution in [-0.4, -0.2) is 45.5 Å². The topological polar surface area (TPSA) is 40.6 Å². The molecule has 0 aromatic carbocycles. The maximum atomic E-state index is 12.5. The lowest BCUT2D eigenvalue weighted by Crippen LogP contribution is -2.56. The predicted octanol–water partition coefficient (Wildman–Crippen LogP) is 3.22. The predicted molar refractivity (Wildman–Crippen MR) is 86.3 cm³/mol. The lowest BCUT2D eigenvalue weighted by Gasteiger charge is -2.39. The molecule has 0 aliphatic carbocycles. The van der Waals surface area contributed by atoms with Crippen molar-refractivity contribution in [2.45, 2.75) is 37.0 Å². The fourth-order valence-corrected chi connectivity index (χ4v) is 2.38. The first-order valence-electron chi connectivity index (χ1n) is 6.80. The molecule has 0 saturated carbocycles. The summed E-state index contributed by atoms with van der Waals surface area (Å²) in [7, 11) is 3.21. The number of carbonyl (C=O) groups is 2. The van der Waals surface area contributed by atoms with Gasteiger partial charge in [-0.25, -0.2) is 0 Å². The minimum atomic E-state index is -1.52. The van der Waals surface area contributed by atoms with Crippen molar-refractivity contribution < 1.29 is 9.59 Å². The van der Waals surface area contributed by atoms with Crippen molar-refractivity contribution in [3.63, 3.8) is 0 Å². The Hall–Kier alpha value is -0.450. The fraction of sp³-hybridized carbons (Fsp3) is 0.714. The molecule has 2 amide bonds. The first-order valence-corrected chi connectivity index (χ1v) is 7.93. The smallest absolute Gasteiger partial charge is 0.270 e. The second-order valence-corrected chi connectivity index (χ2v) is 8.21. The summed E-state index contributed by atoms with van der Waals surface area (Å²) in [5.41, 5.74) is 0.251. The monoisotopic (exact) mass is 354 g/mol. The minimum Gasteiger partial charge on any atom is -0.328 e. The molecule has 0 spiro atoms. The number of halogens is 3. The average molecular weight is 356 g/mol. The summed E-state index contributed by atoms with van der Waals surface area (Å²) >= 11 is 17.5. The van der Waals surface area contributed by atoms with Gasteiger partial charge in [0.25, 0.3) is 5.91 Å². The first-order chi connectivity index (χ1) is 9.46. The quantitative estimate of drug-likeness (QED) is 0.576. The summed E-state index contributed by atoms with van der Waals surface area (Å²) in [4.78, 5) is 27.8. The van der Waals surface area contributed by atoms with Gasteiger partial charge in [0, 0.05) is 20.0 Å². The lowest BCUT2D eigenvalue weighted by atomic mass is 9.98. The molecule has 1 unspecified atom stereocenters. The van der Waals surface area contributed by atoms with Gasteiger partial charge in [0.1, 0.15) is 11.7 Å². The van der Waals surface area contributed by atoms with E-state index in [-0.39, 0.29) is 17.5 Å². The maximum Gasteiger partial charge on any atom is 0.270 e. The van der Waals surface area contributed by atoms with E-state index in [9.17, 15) is 9.59 Å². The normalized spacial score (nSPS) is 24.2. The highest BCUT2D eigenvalue weighted by Gasteiger charge is 2.40. The van der Waals surface area contributed by atoms with E-state index in [1.165, 1.54) is 15.9 Å². The van der Waals surface area contributed by atoms with Crippen molar-refractivity contribution in [1.82, 2.24) is 9.80 Å². The Labute approximate surface area is 141 Å². The van der Waals surface area contributed by atoms with E-state index in [4.69, 9.17) is 34.8 Å². The van der Waals surface area contributed by atoms with E-state index >= 15 is 0 Å². The van der Waals surface area contributed by atoms with E-state index in [1.807, 2.05) is 13.8 Å². The molecule has 0 radical (unpaired) electrons. The van der Waals surface area contributed by atoms with Crippen molar-refractivity contribution >= 4 is 46.6 Å². The molecule has 1 aliphatic rings. The number of alkyl halides is 3. The number of hydrogen-bond acceptors (Lipinski definition) is 2. The molecule has 1 rings (SSSR count). The van der Waals surface area contributed by atoms with Crippen LogP contribution >= 0.6 is 34.8 Å². The van der Waals surface area contributed by atoms with Crippen molar-refractivity contribution in [2.24, 2.45) is 11.8 Å². The molecule has 1 heterocycles. The largest absolute Gasteiger partial charge is 0.328 e. The number of amides is 2. The first kappa shape index (κ1) is 18.6. The van der Waals surface area contributed by atoms with Crippen molar-refractivity contribution in [1.29, 1.82) is 0 Å². The molecule has 120 valence electrons. The minimum absolute atomic E-state index is 0.117. The molecule has 7 heteroatoms. The average Bonchev–Trinajstić information content (AvgIpc) is 2.35. The molecule has 1 fully saturated rings. The second-order valence-electron chi connectivity index (χ2n) is 5.84. The molecule has 0 bridgehead atoms. The summed E-state index contributed by atoms with van der Waals surface area (Å²) in [5, 5.41) is 0. The van der Waals surface area contributed by atoms with E-state index in [1.54, 1.807) is 21.0 Å². The highest BCUT2D eigenvalue weighted by molar-refractivity contribution is 6.67. The Balaban J connectivity index is 3.09. The Morgan fingerprint density at radius 3 is 2.14 bits per heavy atom. The van der Waals surface area contributed by atoms with Gasteiger partial charge >= 0.3 is 0 Å². The molecule has 0 N–H and O–H groups in total. The molecule has 1 saturated heterocycles. The Bertz CT molecular complexity index is 458. The van der Waals surface area contributed by atoms with Gasteiger partial charge in [-0.2, -0.15) is 0 Å². The van der Waals surface area contributed by atoms with Gasteiger partial charge in [0.05, 0.1) is 0 Å². The van der Waals surface area contributed by atoms with Gasteiger partial charge in [-0.15, -0.1) is 0 Å². The van der Waals surface area contributed by atoms with Crippen LogP contribution in [0.4, 0.5) is 0 Å². The molecule has 2 atom stereocenters. The van der Waals surface area contributed by atoms with E-state index in [2.05, 4.69) is 0 Å². The number of allylic oxidation sites excluding steroid dienone is 1. The Morgan fingerprint density at radius 2 is 1.71 bits per heavy atom. The van der Waals surface area contributed by atoms with Gasteiger partial charge in [-0.3, -0.25) is 9.59 Å². The maximum absolute atomic E-state index is 12.5. The molecular weight excluding hydrogens is 335 g/mol. The van der Waals surface area contributed by atoms with Gasteiger partial charge in [-0.05, 0) is 18.4 Å². The zero-order chi connectivity index (χ0) is 16.5. The van der Waals surface area contributed by atoms with Crippen LogP contribution in [0.15, 0.2) is 11.8 Å². The molecule has 21 heavy (non-hydrogen) atoms. The Morgan fingerprint density at radius 1 is 1.19 bits per heavy atom. The summed E-state index contributed by atoms with van der Waals surface area (Å²) in [6.45, 7) is 5.72. The standard InChI is InChI=1S/C14H21Cl3N2O2/c1-8(2)6-10-12(20)19(5)11(13(21)18(10)4)7-9(3)14(15,16)17/h7-10H,6H2,1-5H3/b11-7+/t9-,10?/m0/s1. The van der Waals surface area contributed by atoms with Gasteiger partial charge in [0.15, 0.2) is 3.79 Å². The van der Waals surface area contributed by atoms with Gasteiger partial charge in [-0.1, -0.05) is 55.6 Å². The third-order valence-electron chi connectivity index (χ3n) is 3.60. The number of piperazine rings is 1. The zero-order valence-corrected chi connectivity index (χ0v) is 15.1. The highest BCUT2D eigenvalue weighted by atomic mass is 35.6. The third kappa shape index (κ3) is 4.27. The highest BCUT2D eigenvalue weighted by Crippen LogP contribution is 2.37. The van der Waals surface area contributed by atoms with E-state index in [0.29, 0.717) is 12.3 Å². The van der Waals surface area contributed by atoms with E-state index < -0.39 is 15.8 Å². The number of likely N-dealkylation sites (N-methyl/N-ethyl adjacent to an activating group) is 2. The van der Waals surface area contributed by atoms with E-state index in [0.717, 1.165) is 0 Å². The molecule has 4 nitrogen and oxygen atoms in total. The molecular formula is C14H21Cl3N2O2. The van der Waals surface area contributed by atoms with Crippen LogP contribution in [0.5, 0.6) is 0 Å². The summed E-state index contributed by atoms with van der Waals surface area (Å²) < 4.78 is -1.52. The number of hydrogen-bond donors (Lipinski definition) is 0. The number of carbonyl (C=O) groups excluding carboxylic acids is 2. The van der Waals surface area contributed by atoms with Crippen LogP contribution in [0, 0.1) is 11.8 Å². The molecule has 0 aromatic heterocycles. The number of rotatable bonds is 3. The summed E-state index contributed by atoms with van der Waals surface area (Å²) in [6, 6.07) is -0.442. The second kappa shape index (κ2) is 6.76.